The van der Waals surface area contributed by atoms with Crippen molar-refractivity contribution in [1.82, 2.24) is 24.9 Å². The lowest BCUT2D eigenvalue weighted by Gasteiger charge is -2.32. The Bertz CT molecular complexity index is 726. The Labute approximate surface area is 147 Å². The molecule has 8 nitrogen and oxygen atoms in total. The highest BCUT2D eigenvalue weighted by Gasteiger charge is 2.36. The first-order chi connectivity index (χ1) is 11.8. The summed E-state index contributed by atoms with van der Waals surface area (Å²) in [6, 6.07) is 3.61. The van der Waals surface area contributed by atoms with Gasteiger partial charge in [-0.05, 0) is 26.8 Å². The van der Waals surface area contributed by atoms with E-state index in [4.69, 9.17) is 5.26 Å². The zero-order chi connectivity index (χ0) is 18.2. The standard InChI is InChI=1S/C17H24N6O2/c1-17(2,3)22-10-12(6-15(22)24)9-19-16(25)21-4-5-23-14(11-21)7-13(8-18)20-23/h7,12H,4-6,9-11H2,1-3H3,(H,19,25). The first-order valence-corrected chi connectivity index (χ1v) is 8.58. The molecule has 2 aliphatic heterocycles. The summed E-state index contributed by atoms with van der Waals surface area (Å²) in [5.41, 5.74) is 1.07. The number of aromatic nitrogens is 2. The fraction of sp³-hybridized carbons (Fsp3) is 0.647. The molecule has 25 heavy (non-hydrogen) atoms. The molecule has 0 radical (unpaired) electrons. The van der Waals surface area contributed by atoms with Crippen LogP contribution < -0.4 is 5.32 Å². The third kappa shape index (κ3) is 3.60. The van der Waals surface area contributed by atoms with Crippen molar-refractivity contribution in [3.8, 4) is 6.07 Å². The lowest BCUT2D eigenvalue weighted by atomic mass is 10.1. The molecule has 2 aliphatic rings. The summed E-state index contributed by atoms with van der Waals surface area (Å²) in [6.07, 6.45) is 0.482. The molecule has 8 heteroatoms. The molecule has 134 valence electrons. The molecule has 0 aliphatic carbocycles. The second-order valence-corrected chi connectivity index (χ2v) is 7.71. The first-order valence-electron chi connectivity index (χ1n) is 8.58. The molecule has 1 aromatic rings. The highest BCUT2D eigenvalue weighted by atomic mass is 16.2. The van der Waals surface area contributed by atoms with Crippen molar-refractivity contribution in [2.75, 3.05) is 19.6 Å². The number of hydrogen-bond donors (Lipinski definition) is 1. The molecule has 1 aromatic heterocycles. The van der Waals surface area contributed by atoms with Crippen molar-refractivity contribution in [3.63, 3.8) is 0 Å². The Morgan fingerprint density at radius 2 is 2.20 bits per heavy atom. The second kappa shape index (κ2) is 6.39. The summed E-state index contributed by atoms with van der Waals surface area (Å²) in [7, 11) is 0. The van der Waals surface area contributed by atoms with Gasteiger partial charge in [0.1, 0.15) is 6.07 Å². The van der Waals surface area contributed by atoms with Crippen LogP contribution >= 0.6 is 0 Å². The molecule has 3 amide bonds. The lowest BCUT2D eigenvalue weighted by Crippen LogP contribution is -2.46. The Balaban J connectivity index is 1.52. The first kappa shape index (κ1) is 17.3. The van der Waals surface area contributed by atoms with Crippen LogP contribution in [0.15, 0.2) is 6.07 Å². The van der Waals surface area contributed by atoms with E-state index in [-0.39, 0.29) is 23.4 Å². The fourth-order valence-corrected chi connectivity index (χ4v) is 3.40. The fourth-order valence-electron chi connectivity index (χ4n) is 3.40. The smallest absolute Gasteiger partial charge is 0.317 e. The van der Waals surface area contributed by atoms with Crippen LogP contribution in [0.2, 0.25) is 0 Å². The van der Waals surface area contributed by atoms with Crippen LogP contribution in [0.25, 0.3) is 0 Å². The van der Waals surface area contributed by atoms with Gasteiger partial charge in [0.25, 0.3) is 0 Å². The molecule has 0 saturated carbocycles. The Hall–Kier alpha value is -2.56. The number of nitriles is 1. The van der Waals surface area contributed by atoms with E-state index in [0.29, 0.717) is 44.8 Å². The molecular weight excluding hydrogens is 320 g/mol. The number of urea groups is 1. The highest BCUT2D eigenvalue weighted by molar-refractivity contribution is 5.80. The van der Waals surface area contributed by atoms with Crippen LogP contribution in [0.5, 0.6) is 0 Å². The summed E-state index contributed by atoms with van der Waals surface area (Å²) < 4.78 is 1.78. The van der Waals surface area contributed by atoms with E-state index in [1.807, 2.05) is 31.7 Å². The molecule has 1 saturated heterocycles. The monoisotopic (exact) mass is 344 g/mol. The number of amides is 3. The minimum Gasteiger partial charge on any atom is -0.338 e. The van der Waals surface area contributed by atoms with Crippen molar-refractivity contribution >= 4 is 11.9 Å². The molecule has 0 aromatic carbocycles. The van der Waals surface area contributed by atoms with E-state index in [2.05, 4.69) is 10.4 Å². The van der Waals surface area contributed by atoms with Gasteiger partial charge >= 0.3 is 6.03 Å². The number of likely N-dealkylation sites (tertiary alicyclic amines) is 1. The highest BCUT2D eigenvalue weighted by Crippen LogP contribution is 2.25. The molecule has 1 unspecified atom stereocenters. The van der Waals surface area contributed by atoms with Gasteiger partial charge in [-0.1, -0.05) is 0 Å². The van der Waals surface area contributed by atoms with Crippen molar-refractivity contribution < 1.29 is 9.59 Å². The van der Waals surface area contributed by atoms with Crippen LogP contribution in [-0.2, 0) is 17.9 Å². The number of rotatable bonds is 2. The molecule has 3 heterocycles. The van der Waals surface area contributed by atoms with Gasteiger partial charge in [0.05, 0.1) is 18.8 Å². The summed E-state index contributed by atoms with van der Waals surface area (Å²) >= 11 is 0. The van der Waals surface area contributed by atoms with Crippen LogP contribution in [0, 0.1) is 17.2 Å². The summed E-state index contributed by atoms with van der Waals surface area (Å²) in [5.74, 6) is 0.300. The molecular formula is C17H24N6O2. The van der Waals surface area contributed by atoms with Gasteiger partial charge in [-0.25, -0.2) is 4.79 Å². The zero-order valence-corrected chi connectivity index (χ0v) is 14.9. The SMILES string of the molecule is CC(C)(C)N1CC(CNC(=O)N2CCn3nc(C#N)cc3C2)CC1=O. The maximum Gasteiger partial charge on any atom is 0.317 e. The normalized spacial score (nSPS) is 20.4. The summed E-state index contributed by atoms with van der Waals surface area (Å²) in [6.45, 7) is 8.84. The van der Waals surface area contributed by atoms with Gasteiger partial charge in [-0.15, -0.1) is 0 Å². The molecule has 1 atom stereocenters. The van der Waals surface area contributed by atoms with Crippen LogP contribution in [0.4, 0.5) is 4.79 Å². The predicted octanol–water partition coefficient (Wildman–Crippen LogP) is 0.927. The number of nitrogens with one attached hydrogen (secondary N) is 1. The van der Waals surface area contributed by atoms with Crippen LogP contribution in [0.1, 0.15) is 38.6 Å². The molecule has 1 fully saturated rings. The van der Waals surface area contributed by atoms with Gasteiger partial charge < -0.3 is 15.1 Å². The van der Waals surface area contributed by atoms with E-state index >= 15 is 0 Å². The largest absolute Gasteiger partial charge is 0.338 e. The summed E-state index contributed by atoms with van der Waals surface area (Å²) in [4.78, 5) is 28.1. The number of carbonyl (C=O) groups is 2. The van der Waals surface area contributed by atoms with Gasteiger partial charge in [-0.3, -0.25) is 9.48 Å². The number of carbonyl (C=O) groups excluding carboxylic acids is 2. The van der Waals surface area contributed by atoms with E-state index in [9.17, 15) is 9.59 Å². The van der Waals surface area contributed by atoms with Crippen molar-refractivity contribution in [2.45, 2.75) is 45.8 Å². The number of hydrogen-bond acceptors (Lipinski definition) is 4. The van der Waals surface area contributed by atoms with Gasteiger partial charge in [0.2, 0.25) is 5.91 Å². The van der Waals surface area contributed by atoms with E-state index in [0.717, 1.165) is 5.69 Å². The minimum atomic E-state index is -0.181. The average Bonchev–Trinajstić information content (AvgIpc) is 3.14. The van der Waals surface area contributed by atoms with E-state index in [1.165, 1.54) is 0 Å². The van der Waals surface area contributed by atoms with Gasteiger partial charge in [-0.2, -0.15) is 10.4 Å². The third-order valence-electron chi connectivity index (χ3n) is 4.76. The average molecular weight is 344 g/mol. The molecule has 1 N–H and O–H groups in total. The van der Waals surface area contributed by atoms with Crippen molar-refractivity contribution in [1.29, 1.82) is 5.26 Å². The van der Waals surface area contributed by atoms with Crippen LogP contribution in [-0.4, -0.2) is 56.7 Å². The lowest BCUT2D eigenvalue weighted by molar-refractivity contribution is -0.131. The quantitative estimate of drug-likeness (QED) is 0.863. The third-order valence-corrected chi connectivity index (χ3v) is 4.76. The molecule has 0 bridgehead atoms. The van der Waals surface area contributed by atoms with E-state index < -0.39 is 0 Å². The molecule has 3 rings (SSSR count). The molecule has 0 spiro atoms. The van der Waals surface area contributed by atoms with Gasteiger partial charge in [0, 0.05) is 37.5 Å². The predicted molar refractivity (Wildman–Crippen MR) is 90.3 cm³/mol. The Morgan fingerprint density at radius 1 is 1.44 bits per heavy atom. The topological polar surface area (TPSA) is 94.3 Å². The van der Waals surface area contributed by atoms with Gasteiger partial charge in [0.15, 0.2) is 5.69 Å². The number of fused-ring (bicyclic) bond motifs is 1. The minimum absolute atomic E-state index is 0.132. The zero-order valence-electron chi connectivity index (χ0n) is 14.9. The van der Waals surface area contributed by atoms with Crippen molar-refractivity contribution in [2.24, 2.45) is 5.92 Å². The van der Waals surface area contributed by atoms with Crippen LogP contribution in [0.3, 0.4) is 0 Å². The maximum atomic E-state index is 12.4. The second-order valence-electron chi connectivity index (χ2n) is 7.71. The maximum absolute atomic E-state index is 12.4. The summed E-state index contributed by atoms with van der Waals surface area (Å²) in [5, 5.41) is 16.0. The Morgan fingerprint density at radius 3 is 2.84 bits per heavy atom. The number of nitrogens with zero attached hydrogens (tertiary/aromatic N) is 5. The van der Waals surface area contributed by atoms with Crippen molar-refractivity contribution in [3.05, 3.63) is 17.5 Å². The van der Waals surface area contributed by atoms with E-state index in [1.54, 1.807) is 15.6 Å². The Kier molecular flexibility index (Phi) is 4.41.